The maximum atomic E-state index is 12.4. The number of esters is 1. The Morgan fingerprint density at radius 1 is 1.07 bits per heavy atom. The van der Waals surface area contributed by atoms with Gasteiger partial charge in [-0.05, 0) is 51.2 Å². The monoisotopic (exact) mass is 375 g/mol. The van der Waals surface area contributed by atoms with E-state index in [1.807, 2.05) is 4.90 Å². The Bertz CT molecular complexity index is 724. The Kier molecular flexibility index (Phi) is 5.93. The predicted octanol–water partition coefficient (Wildman–Crippen LogP) is 2.75. The Morgan fingerprint density at radius 2 is 1.70 bits per heavy atom. The van der Waals surface area contributed by atoms with Gasteiger partial charge in [0.05, 0.1) is 10.5 Å². The number of nitro benzene ring substituents is 1. The van der Waals surface area contributed by atoms with Gasteiger partial charge in [-0.2, -0.15) is 0 Å². The molecule has 0 radical (unpaired) electrons. The Hall–Kier alpha value is -2.64. The molecule has 0 unspecified atom stereocenters. The number of nitro groups is 1. The highest BCUT2D eigenvalue weighted by Crippen LogP contribution is 2.31. The van der Waals surface area contributed by atoms with Crippen LogP contribution in [-0.4, -0.2) is 54.0 Å². The standard InChI is InChI=1S/C19H25N3O5/c1-14(18(23)21-11-5-6-12-21)27-19(24)15-7-8-16(17(13-15)22(25)26)20-9-3-2-4-10-20/h7-8,13-14H,2-6,9-12H2,1H3/t14-/m0/s1. The van der Waals surface area contributed by atoms with E-state index in [0.717, 1.165) is 45.2 Å². The average molecular weight is 375 g/mol. The van der Waals surface area contributed by atoms with Crippen LogP contribution in [0.4, 0.5) is 11.4 Å². The zero-order valence-corrected chi connectivity index (χ0v) is 15.6. The molecule has 0 aromatic heterocycles. The van der Waals surface area contributed by atoms with Crippen LogP contribution in [0.2, 0.25) is 0 Å². The molecular formula is C19H25N3O5. The highest BCUT2D eigenvalue weighted by atomic mass is 16.6. The first-order valence-corrected chi connectivity index (χ1v) is 9.50. The summed E-state index contributed by atoms with van der Waals surface area (Å²) in [6.45, 7) is 4.43. The molecule has 2 fully saturated rings. The van der Waals surface area contributed by atoms with E-state index in [9.17, 15) is 19.7 Å². The van der Waals surface area contributed by atoms with Crippen LogP contribution in [0.3, 0.4) is 0 Å². The number of rotatable bonds is 5. The number of nitrogens with zero attached hydrogens (tertiary/aromatic N) is 3. The third-order valence-electron chi connectivity index (χ3n) is 5.15. The largest absolute Gasteiger partial charge is 0.449 e. The molecule has 146 valence electrons. The summed E-state index contributed by atoms with van der Waals surface area (Å²) in [6.07, 6.45) is 4.12. The van der Waals surface area contributed by atoms with Crippen molar-refractivity contribution >= 4 is 23.3 Å². The summed E-state index contributed by atoms with van der Waals surface area (Å²) in [5.41, 5.74) is 0.505. The van der Waals surface area contributed by atoms with Gasteiger partial charge >= 0.3 is 5.97 Å². The summed E-state index contributed by atoms with van der Waals surface area (Å²) in [7, 11) is 0. The first-order valence-electron chi connectivity index (χ1n) is 9.50. The van der Waals surface area contributed by atoms with Crippen molar-refractivity contribution in [2.45, 2.75) is 45.1 Å². The van der Waals surface area contributed by atoms with Crippen LogP contribution in [0.5, 0.6) is 0 Å². The lowest BCUT2D eigenvalue weighted by Gasteiger charge is -2.28. The van der Waals surface area contributed by atoms with Crippen molar-refractivity contribution in [2.75, 3.05) is 31.1 Å². The molecule has 3 rings (SSSR count). The van der Waals surface area contributed by atoms with Crippen molar-refractivity contribution in [3.05, 3.63) is 33.9 Å². The normalized spacial score (nSPS) is 18.3. The minimum absolute atomic E-state index is 0.0866. The molecule has 1 aromatic rings. The molecule has 0 bridgehead atoms. The fraction of sp³-hybridized carbons (Fsp3) is 0.579. The van der Waals surface area contributed by atoms with Crippen LogP contribution >= 0.6 is 0 Å². The first kappa shape index (κ1) is 19.1. The molecule has 2 aliphatic rings. The molecule has 0 saturated carbocycles. The van der Waals surface area contributed by atoms with E-state index in [4.69, 9.17) is 4.74 Å². The minimum Gasteiger partial charge on any atom is -0.449 e. The van der Waals surface area contributed by atoms with E-state index >= 15 is 0 Å². The van der Waals surface area contributed by atoms with Crippen molar-refractivity contribution in [1.29, 1.82) is 0 Å². The quantitative estimate of drug-likeness (QED) is 0.446. The first-order chi connectivity index (χ1) is 13.0. The molecule has 1 atom stereocenters. The second-order valence-electron chi connectivity index (χ2n) is 7.09. The van der Waals surface area contributed by atoms with Gasteiger partial charge in [0.25, 0.3) is 11.6 Å². The molecule has 0 aliphatic carbocycles. The highest BCUT2D eigenvalue weighted by molar-refractivity contribution is 5.93. The number of anilines is 1. The number of likely N-dealkylation sites (tertiary alicyclic amines) is 1. The number of hydrogen-bond acceptors (Lipinski definition) is 6. The van der Waals surface area contributed by atoms with E-state index in [-0.39, 0.29) is 17.2 Å². The topological polar surface area (TPSA) is 93.0 Å². The van der Waals surface area contributed by atoms with E-state index in [1.165, 1.54) is 19.1 Å². The number of ether oxygens (including phenoxy) is 1. The average Bonchev–Trinajstić information content (AvgIpc) is 3.22. The van der Waals surface area contributed by atoms with Crippen LogP contribution < -0.4 is 4.90 Å². The van der Waals surface area contributed by atoms with E-state index in [0.29, 0.717) is 18.8 Å². The Balaban J connectivity index is 1.73. The molecule has 8 nitrogen and oxygen atoms in total. The number of hydrogen-bond donors (Lipinski definition) is 0. The van der Waals surface area contributed by atoms with Crippen molar-refractivity contribution < 1.29 is 19.2 Å². The molecule has 8 heteroatoms. The summed E-state index contributed by atoms with van der Waals surface area (Å²) in [5.74, 6) is -0.941. The van der Waals surface area contributed by atoms with Gasteiger partial charge in [-0.25, -0.2) is 4.79 Å². The van der Waals surface area contributed by atoms with Crippen molar-refractivity contribution in [1.82, 2.24) is 4.90 Å². The van der Waals surface area contributed by atoms with Crippen LogP contribution in [0.25, 0.3) is 0 Å². The maximum absolute atomic E-state index is 12.4. The summed E-state index contributed by atoms with van der Waals surface area (Å²) in [6, 6.07) is 4.39. The van der Waals surface area contributed by atoms with Crippen LogP contribution in [0.1, 0.15) is 49.4 Å². The summed E-state index contributed by atoms with van der Waals surface area (Å²) >= 11 is 0. The second kappa shape index (κ2) is 8.37. The van der Waals surface area contributed by atoms with E-state index in [2.05, 4.69) is 0 Å². The van der Waals surface area contributed by atoms with Gasteiger partial charge in [0.2, 0.25) is 0 Å². The number of piperidine rings is 1. The lowest BCUT2D eigenvalue weighted by Crippen LogP contribution is -2.38. The number of benzene rings is 1. The highest BCUT2D eigenvalue weighted by Gasteiger charge is 2.28. The predicted molar refractivity (Wildman–Crippen MR) is 99.9 cm³/mol. The van der Waals surface area contributed by atoms with Gasteiger partial charge in [-0.15, -0.1) is 0 Å². The van der Waals surface area contributed by atoms with Gasteiger partial charge in [0, 0.05) is 32.2 Å². The molecule has 1 amide bonds. The van der Waals surface area contributed by atoms with Crippen molar-refractivity contribution in [3.63, 3.8) is 0 Å². The molecule has 2 saturated heterocycles. The third-order valence-corrected chi connectivity index (χ3v) is 5.15. The van der Waals surface area contributed by atoms with Gasteiger partial charge in [-0.1, -0.05) is 0 Å². The SMILES string of the molecule is C[C@H](OC(=O)c1ccc(N2CCCCC2)c([N+](=O)[O-])c1)C(=O)N1CCCC1. The van der Waals surface area contributed by atoms with Gasteiger partial charge in [-0.3, -0.25) is 14.9 Å². The van der Waals surface area contributed by atoms with Gasteiger partial charge in [0.1, 0.15) is 5.69 Å². The summed E-state index contributed by atoms with van der Waals surface area (Å²) in [5, 5.41) is 11.5. The van der Waals surface area contributed by atoms with Crippen LogP contribution in [0.15, 0.2) is 18.2 Å². The molecule has 2 aliphatic heterocycles. The van der Waals surface area contributed by atoms with Crippen molar-refractivity contribution in [3.8, 4) is 0 Å². The Labute approximate surface area is 158 Å². The third kappa shape index (κ3) is 4.37. The summed E-state index contributed by atoms with van der Waals surface area (Å²) < 4.78 is 5.26. The van der Waals surface area contributed by atoms with Gasteiger partial charge in [0.15, 0.2) is 6.10 Å². The molecule has 0 spiro atoms. The number of carbonyl (C=O) groups excluding carboxylic acids is 2. The molecule has 0 N–H and O–H groups in total. The van der Waals surface area contributed by atoms with Crippen LogP contribution in [0, 0.1) is 10.1 Å². The fourth-order valence-electron chi connectivity index (χ4n) is 3.67. The van der Waals surface area contributed by atoms with E-state index in [1.54, 1.807) is 11.0 Å². The lowest BCUT2D eigenvalue weighted by atomic mass is 10.1. The molecule has 2 heterocycles. The molecule has 1 aromatic carbocycles. The number of amides is 1. The van der Waals surface area contributed by atoms with Gasteiger partial charge < -0.3 is 14.5 Å². The molecular weight excluding hydrogens is 350 g/mol. The lowest BCUT2D eigenvalue weighted by molar-refractivity contribution is -0.384. The summed E-state index contributed by atoms with van der Waals surface area (Å²) in [4.78, 5) is 39.4. The maximum Gasteiger partial charge on any atom is 0.339 e. The van der Waals surface area contributed by atoms with E-state index < -0.39 is 17.0 Å². The number of carbonyl (C=O) groups is 2. The second-order valence-corrected chi connectivity index (χ2v) is 7.09. The smallest absolute Gasteiger partial charge is 0.339 e. The minimum atomic E-state index is -0.906. The van der Waals surface area contributed by atoms with Crippen molar-refractivity contribution in [2.24, 2.45) is 0 Å². The Morgan fingerprint density at radius 3 is 2.33 bits per heavy atom. The fourth-order valence-corrected chi connectivity index (χ4v) is 3.67. The zero-order chi connectivity index (χ0) is 19.4. The van der Waals surface area contributed by atoms with Crippen LogP contribution in [-0.2, 0) is 9.53 Å². The zero-order valence-electron chi connectivity index (χ0n) is 15.6. The molecule has 27 heavy (non-hydrogen) atoms.